The quantitative estimate of drug-likeness (QED) is 0.676. The third-order valence-corrected chi connectivity index (χ3v) is 4.99. The Hall–Kier alpha value is -3.48. The smallest absolute Gasteiger partial charge is 0.258 e. The Labute approximate surface area is 167 Å². The van der Waals surface area contributed by atoms with Crippen LogP contribution in [0.4, 0.5) is 11.4 Å². The standard InChI is InChI=1S/C22H22N4O3/c27-20(23-15-6-3-7-16(14-15)26-13-5-12-21(26)28)11-4-10-19-24-18-9-2-1-8-17(18)22(29)25-19/h1-3,6-9,14H,4-5,10-13H2,(H,23,27)(H,24,25,29). The highest BCUT2D eigenvalue weighted by Crippen LogP contribution is 2.24. The molecule has 1 fully saturated rings. The zero-order chi connectivity index (χ0) is 20.2. The number of amides is 2. The first kappa shape index (κ1) is 18.9. The van der Waals surface area contributed by atoms with Crippen LogP contribution in [-0.2, 0) is 16.0 Å². The van der Waals surface area contributed by atoms with E-state index in [0.29, 0.717) is 54.6 Å². The number of carbonyl (C=O) groups is 2. The average molecular weight is 390 g/mol. The lowest BCUT2D eigenvalue weighted by Crippen LogP contribution is -2.23. The van der Waals surface area contributed by atoms with Gasteiger partial charge in [-0.2, -0.15) is 0 Å². The SMILES string of the molecule is O=C(CCCc1nc2ccccc2c(=O)[nH]1)Nc1cccc(N2CCCC2=O)c1. The van der Waals surface area contributed by atoms with Crippen LogP contribution in [0.3, 0.4) is 0 Å². The second-order valence-corrected chi connectivity index (χ2v) is 7.13. The lowest BCUT2D eigenvalue weighted by Gasteiger charge is -2.16. The Balaban J connectivity index is 1.34. The molecule has 0 aliphatic carbocycles. The third kappa shape index (κ3) is 4.34. The molecule has 0 saturated carbocycles. The van der Waals surface area contributed by atoms with Crippen molar-refractivity contribution in [1.82, 2.24) is 9.97 Å². The number of hydrogen-bond donors (Lipinski definition) is 2. The Morgan fingerprint density at radius 3 is 2.83 bits per heavy atom. The van der Waals surface area contributed by atoms with E-state index in [4.69, 9.17) is 0 Å². The maximum atomic E-state index is 12.3. The van der Waals surface area contributed by atoms with Crippen molar-refractivity contribution >= 4 is 34.1 Å². The number of aromatic amines is 1. The number of anilines is 2. The summed E-state index contributed by atoms with van der Waals surface area (Å²) in [4.78, 5) is 45.3. The Kier molecular flexibility index (Phi) is 5.37. The van der Waals surface area contributed by atoms with Crippen molar-refractivity contribution in [3.63, 3.8) is 0 Å². The van der Waals surface area contributed by atoms with Crippen molar-refractivity contribution in [2.24, 2.45) is 0 Å². The molecule has 2 heterocycles. The van der Waals surface area contributed by atoms with Crippen LogP contribution >= 0.6 is 0 Å². The number of para-hydroxylation sites is 1. The highest BCUT2D eigenvalue weighted by molar-refractivity contribution is 5.97. The number of H-pyrrole nitrogens is 1. The Morgan fingerprint density at radius 1 is 1.14 bits per heavy atom. The van der Waals surface area contributed by atoms with Crippen LogP contribution in [0.25, 0.3) is 10.9 Å². The summed E-state index contributed by atoms with van der Waals surface area (Å²) in [5.74, 6) is 0.583. The first-order valence-electron chi connectivity index (χ1n) is 9.78. The van der Waals surface area contributed by atoms with E-state index in [1.807, 2.05) is 30.3 Å². The lowest BCUT2D eigenvalue weighted by molar-refractivity contribution is -0.117. The fourth-order valence-corrected chi connectivity index (χ4v) is 3.57. The monoisotopic (exact) mass is 390 g/mol. The molecule has 1 aromatic heterocycles. The van der Waals surface area contributed by atoms with E-state index < -0.39 is 0 Å². The third-order valence-electron chi connectivity index (χ3n) is 4.99. The molecule has 7 nitrogen and oxygen atoms in total. The van der Waals surface area contributed by atoms with Crippen LogP contribution in [-0.4, -0.2) is 28.3 Å². The average Bonchev–Trinajstić information content (AvgIpc) is 3.14. The van der Waals surface area contributed by atoms with E-state index in [2.05, 4.69) is 15.3 Å². The maximum Gasteiger partial charge on any atom is 0.258 e. The summed E-state index contributed by atoms with van der Waals surface area (Å²) in [5, 5.41) is 3.44. The van der Waals surface area contributed by atoms with Gasteiger partial charge < -0.3 is 15.2 Å². The normalized spacial score (nSPS) is 13.8. The number of aryl methyl sites for hydroxylation is 1. The van der Waals surface area contributed by atoms with E-state index in [1.165, 1.54) is 0 Å². The van der Waals surface area contributed by atoms with Gasteiger partial charge in [-0.25, -0.2) is 4.98 Å². The largest absolute Gasteiger partial charge is 0.326 e. The number of rotatable bonds is 6. The van der Waals surface area contributed by atoms with Crippen molar-refractivity contribution in [1.29, 1.82) is 0 Å². The molecule has 2 aromatic carbocycles. The van der Waals surface area contributed by atoms with Crippen molar-refractivity contribution in [3.05, 3.63) is 64.7 Å². The second-order valence-electron chi connectivity index (χ2n) is 7.13. The Morgan fingerprint density at radius 2 is 2.00 bits per heavy atom. The van der Waals surface area contributed by atoms with E-state index in [0.717, 1.165) is 12.1 Å². The fraction of sp³-hybridized carbons (Fsp3) is 0.273. The molecule has 1 saturated heterocycles. The zero-order valence-electron chi connectivity index (χ0n) is 16.0. The predicted octanol–water partition coefficient (Wildman–Crippen LogP) is 3.01. The van der Waals surface area contributed by atoms with Gasteiger partial charge in [-0.1, -0.05) is 18.2 Å². The number of benzene rings is 2. The minimum absolute atomic E-state index is 0.113. The molecule has 3 aromatic rings. The van der Waals surface area contributed by atoms with Gasteiger partial charge in [-0.15, -0.1) is 0 Å². The molecule has 4 rings (SSSR count). The summed E-state index contributed by atoms with van der Waals surface area (Å²) < 4.78 is 0. The highest BCUT2D eigenvalue weighted by atomic mass is 16.2. The van der Waals surface area contributed by atoms with E-state index in [1.54, 1.807) is 23.1 Å². The van der Waals surface area contributed by atoms with Gasteiger partial charge in [0, 0.05) is 37.2 Å². The number of carbonyl (C=O) groups excluding carboxylic acids is 2. The fourth-order valence-electron chi connectivity index (χ4n) is 3.57. The van der Waals surface area contributed by atoms with Crippen molar-refractivity contribution in [2.75, 3.05) is 16.8 Å². The van der Waals surface area contributed by atoms with Crippen LogP contribution in [0.1, 0.15) is 31.5 Å². The number of nitrogens with one attached hydrogen (secondary N) is 2. The molecule has 2 amide bonds. The molecular formula is C22H22N4O3. The molecule has 29 heavy (non-hydrogen) atoms. The summed E-state index contributed by atoms with van der Waals surface area (Å²) in [5.41, 5.74) is 1.97. The van der Waals surface area contributed by atoms with Crippen molar-refractivity contribution in [2.45, 2.75) is 32.1 Å². The van der Waals surface area contributed by atoms with Crippen LogP contribution in [0.2, 0.25) is 0 Å². The summed E-state index contributed by atoms with van der Waals surface area (Å²) in [6, 6.07) is 14.5. The maximum absolute atomic E-state index is 12.3. The van der Waals surface area contributed by atoms with Crippen LogP contribution in [0, 0.1) is 0 Å². The summed E-state index contributed by atoms with van der Waals surface area (Å²) in [7, 11) is 0. The van der Waals surface area contributed by atoms with Crippen molar-refractivity contribution < 1.29 is 9.59 Å². The van der Waals surface area contributed by atoms with Gasteiger partial charge in [0.25, 0.3) is 5.56 Å². The Bertz CT molecular complexity index is 1120. The van der Waals surface area contributed by atoms with Gasteiger partial charge >= 0.3 is 0 Å². The van der Waals surface area contributed by atoms with Crippen LogP contribution < -0.4 is 15.8 Å². The minimum Gasteiger partial charge on any atom is -0.326 e. The minimum atomic E-state index is -0.164. The molecule has 1 aliphatic rings. The number of aromatic nitrogens is 2. The van der Waals surface area contributed by atoms with Gasteiger partial charge in [0.2, 0.25) is 11.8 Å². The molecule has 0 bridgehead atoms. The molecule has 0 atom stereocenters. The van der Waals surface area contributed by atoms with E-state index >= 15 is 0 Å². The van der Waals surface area contributed by atoms with Gasteiger partial charge in [0.1, 0.15) is 5.82 Å². The molecule has 0 spiro atoms. The first-order valence-corrected chi connectivity index (χ1v) is 9.78. The number of fused-ring (bicyclic) bond motifs is 1. The van der Waals surface area contributed by atoms with Crippen LogP contribution in [0.15, 0.2) is 53.3 Å². The van der Waals surface area contributed by atoms with E-state index in [-0.39, 0.29) is 17.4 Å². The zero-order valence-corrected chi connectivity index (χ0v) is 16.0. The molecule has 2 N–H and O–H groups in total. The molecule has 0 unspecified atom stereocenters. The summed E-state index contributed by atoms with van der Waals surface area (Å²) in [6.45, 7) is 0.715. The first-order chi connectivity index (χ1) is 14.1. The molecule has 1 aliphatic heterocycles. The molecule has 0 radical (unpaired) electrons. The van der Waals surface area contributed by atoms with E-state index in [9.17, 15) is 14.4 Å². The molecule has 7 heteroatoms. The molecule has 148 valence electrons. The number of nitrogens with zero attached hydrogens (tertiary/aromatic N) is 2. The van der Waals surface area contributed by atoms with Gasteiger partial charge in [-0.3, -0.25) is 14.4 Å². The molecular weight excluding hydrogens is 368 g/mol. The second kappa shape index (κ2) is 8.26. The lowest BCUT2D eigenvalue weighted by atomic mass is 10.2. The van der Waals surface area contributed by atoms with Gasteiger partial charge in [0.15, 0.2) is 0 Å². The number of hydrogen-bond acceptors (Lipinski definition) is 4. The van der Waals surface area contributed by atoms with Gasteiger partial charge in [-0.05, 0) is 43.2 Å². The predicted molar refractivity (Wildman–Crippen MR) is 112 cm³/mol. The van der Waals surface area contributed by atoms with Crippen molar-refractivity contribution in [3.8, 4) is 0 Å². The summed E-state index contributed by atoms with van der Waals surface area (Å²) in [6.07, 6.45) is 2.82. The summed E-state index contributed by atoms with van der Waals surface area (Å²) >= 11 is 0. The van der Waals surface area contributed by atoms with Crippen LogP contribution in [0.5, 0.6) is 0 Å². The van der Waals surface area contributed by atoms with Gasteiger partial charge in [0.05, 0.1) is 10.9 Å². The highest BCUT2D eigenvalue weighted by Gasteiger charge is 2.21. The topological polar surface area (TPSA) is 95.2 Å².